The standard InChI is InChI=1S/C22H35N5O2/c1-2-23-22(24-8-9-25-10-13-28-14-11-25)27-17-20-21(18-27)29-15-12-26(20)16-19-6-4-3-5-7-19/h3-7,20-21H,2,8-18H2,1H3,(H,23,24). The zero-order valence-corrected chi connectivity index (χ0v) is 17.6. The minimum atomic E-state index is 0.260. The highest BCUT2D eigenvalue weighted by atomic mass is 16.5. The Morgan fingerprint density at radius 2 is 1.93 bits per heavy atom. The third kappa shape index (κ3) is 5.48. The molecule has 0 spiro atoms. The molecule has 7 nitrogen and oxygen atoms in total. The van der Waals surface area contributed by atoms with E-state index in [1.54, 1.807) is 0 Å². The Balaban J connectivity index is 1.36. The zero-order chi connectivity index (χ0) is 19.9. The Kier molecular flexibility index (Phi) is 7.38. The van der Waals surface area contributed by atoms with Crippen LogP contribution in [0.3, 0.4) is 0 Å². The highest BCUT2D eigenvalue weighted by Crippen LogP contribution is 2.24. The number of aliphatic imine (C=N–C) groups is 1. The Morgan fingerprint density at radius 3 is 2.72 bits per heavy atom. The predicted molar refractivity (Wildman–Crippen MR) is 115 cm³/mol. The lowest BCUT2D eigenvalue weighted by Gasteiger charge is -2.36. The fourth-order valence-corrected chi connectivity index (χ4v) is 4.49. The number of ether oxygens (including phenoxy) is 2. The number of likely N-dealkylation sites (tertiary alicyclic amines) is 1. The molecule has 1 N–H and O–H groups in total. The number of nitrogens with one attached hydrogen (secondary N) is 1. The van der Waals surface area contributed by atoms with E-state index in [0.717, 1.165) is 84.7 Å². The number of hydrogen-bond acceptors (Lipinski definition) is 5. The second kappa shape index (κ2) is 10.4. The van der Waals surface area contributed by atoms with Crippen LogP contribution in [-0.2, 0) is 16.0 Å². The van der Waals surface area contributed by atoms with Crippen LogP contribution in [0.25, 0.3) is 0 Å². The largest absolute Gasteiger partial charge is 0.379 e. The number of benzene rings is 1. The maximum Gasteiger partial charge on any atom is 0.194 e. The van der Waals surface area contributed by atoms with Crippen LogP contribution in [0.5, 0.6) is 0 Å². The molecule has 0 radical (unpaired) electrons. The van der Waals surface area contributed by atoms with Crippen LogP contribution in [0.1, 0.15) is 12.5 Å². The second-order valence-electron chi connectivity index (χ2n) is 8.03. The van der Waals surface area contributed by atoms with Crippen LogP contribution in [0.4, 0.5) is 0 Å². The fourth-order valence-electron chi connectivity index (χ4n) is 4.49. The molecule has 1 aromatic carbocycles. The van der Waals surface area contributed by atoms with E-state index in [4.69, 9.17) is 14.5 Å². The van der Waals surface area contributed by atoms with Crippen molar-refractivity contribution in [3.8, 4) is 0 Å². The van der Waals surface area contributed by atoms with E-state index < -0.39 is 0 Å². The quantitative estimate of drug-likeness (QED) is 0.564. The molecule has 0 saturated carbocycles. The van der Waals surface area contributed by atoms with Gasteiger partial charge in [0, 0.05) is 52.4 Å². The maximum absolute atomic E-state index is 6.14. The molecule has 2 atom stereocenters. The van der Waals surface area contributed by atoms with E-state index in [0.29, 0.717) is 6.04 Å². The molecule has 0 aliphatic carbocycles. The third-order valence-electron chi connectivity index (χ3n) is 6.06. The van der Waals surface area contributed by atoms with Crippen LogP contribution >= 0.6 is 0 Å². The van der Waals surface area contributed by atoms with Gasteiger partial charge in [0.05, 0.1) is 38.5 Å². The molecule has 0 amide bonds. The Labute approximate surface area is 174 Å². The lowest BCUT2D eigenvalue weighted by Crippen LogP contribution is -2.50. The molecule has 1 aromatic rings. The molecular weight excluding hydrogens is 366 g/mol. The molecule has 4 rings (SSSR count). The average molecular weight is 402 g/mol. The van der Waals surface area contributed by atoms with Gasteiger partial charge in [0.15, 0.2) is 5.96 Å². The molecule has 3 aliphatic heterocycles. The van der Waals surface area contributed by atoms with E-state index in [2.05, 4.69) is 57.3 Å². The Morgan fingerprint density at radius 1 is 1.10 bits per heavy atom. The van der Waals surface area contributed by atoms with E-state index in [9.17, 15) is 0 Å². The van der Waals surface area contributed by atoms with Crippen molar-refractivity contribution in [2.45, 2.75) is 25.6 Å². The van der Waals surface area contributed by atoms with Gasteiger partial charge in [-0.15, -0.1) is 0 Å². The Hall–Kier alpha value is -1.67. The summed E-state index contributed by atoms with van der Waals surface area (Å²) in [5, 5.41) is 3.50. The molecule has 2 unspecified atom stereocenters. The van der Waals surface area contributed by atoms with Gasteiger partial charge in [-0.3, -0.25) is 14.8 Å². The van der Waals surface area contributed by atoms with E-state index in [-0.39, 0.29) is 6.10 Å². The number of morpholine rings is 2. The molecule has 3 saturated heterocycles. The molecule has 29 heavy (non-hydrogen) atoms. The SMILES string of the molecule is CCNC(=NCCN1CCOCC1)N1CC2OCCN(Cc3ccccc3)C2C1. The maximum atomic E-state index is 6.14. The molecule has 3 fully saturated rings. The van der Waals surface area contributed by atoms with Crippen LogP contribution in [0.15, 0.2) is 35.3 Å². The van der Waals surface area contributed by atoms with Gasteiger partial charge in [-0.1, -0.05) is 30.3 Å². The summed E-state index contributed by atoms with van der Waals surface area (Å²) in [5.74, 6) is 1.03. The van der Waals surface area contributed by atoms with Gasteiger partial charge in [0.1, 0.15) is 0 Å². The molecule has 3 heterocycles. The van der Waals surface area contributed by atoms with Crippen LogP contribution in [0, 0.1) is 0 Å². The van der Waals surface area contributed by atoms with Crippen molar-refractivity contribution >= 4 is 5.96 Å². The van der Waals surface area contributed by atoms with Gasteiger partial charge in [0.2, 0.25) is 0 Å². The smallest absolute Gasteiger partial charge is 0.194 e. The van der Waals surface area contributed by atoms with Crippen molar-refractivity contribution in [3.63, 3.8) is 0 Å². The van der Waals surface area contributed by atoms with E-state index in [1.807, 2.05) is 0 Å². The van der Waals surface area contributed by atoms with Gasteiger partial charge >= 0.3 is 0 Å². The van der Waals surface area contributed by atoms with E-state index >= 15 is 0 Å². The first-order valence-corrected chi connectivity index (χ1v) is 11.1. The number of guanidine groups is 1. The van der Waals surface area contributed by atoms with Crippen molar-refractivity contribution in [2.24, 2.45) is 4.99 Å². The molecule has 0 aromatic heterocycles. The summed E-state index contributed by atoms with van der Waals surface area (Å²) in [5.41, 5.74) is 1.37. The van der Waals surface area contributed by atoms with Crippen molar-refractivity contribution in [1.29, 1.82) is 0 Å². The summed E-state index contributed by atoms with van der Waals surface area (Å²) in [6, 6.07) is 11.2. The first kappa shape index (κ1) is 20.6. The average Bonchev–Trinajstić information content (AvgIpc) is 3.20. The number of hydrogen-bond donors (Lipinski definition) is 1. The number of fused-ring (bicyclic) bond motifs is 1. The monoisotopic (exact) mass is 401 g/mol. The summed E-state index contributed by atoms with van der Waals surface area (Å²) in [4.78, 5) is 12.3. The first-order valence-electron chi connectivity index (χ1n) is 11.1. The van der Waals surface area contributed by atoms with Crippen LogP contribution in [0.2, 0.25) is 0 Å². The lowest BCUT2D eigenvalue weighted by atomic mass is 10.1. The zero-order valence-electron chi connectivity index (χ0n) is 17.6. The molecular formula is C22H35N5O2. The van der Waals surface area contributed by atoms with E-state index in [1.165, 1.54) is 5.56 Å². The van der Waals surface area contributed by atoms with Gasteiger partial charge in [-0.2, -0.15) is 0 Å². The molecule has 160 valence electrons. The summed E-state index contributed by atoms with van der Waals surface area (Å²) in [7, 11) is 0. The highest BCUT2D eigenvalue weighted by Gasteiger charge is 2.41. The lowest BCUT2D eigenvalue weighted by molar-refractivity contribution is -0.0502. The fraction of sp³-hybridized carbons (Fsp3) is 0.682. The Bertz CT molecular complexity index is 650. The van der Waals surface area contributed by atoms with Gasteiger partial charge in [-0.25, -0.2) is 0 Å². The summed E-state index contributed by atoms with van der Waals surface area (Å²) < 4.78 is 11.6. The van der Waals surface area contributed by atoms with Crippen molar-refractivity contribution in [2.75, 3.05) is 72.2 Å². The van der Waals surface area contributed by atoms with Gasteiger partial charge in [0.25, 0.3) is 0 Å². The topological polar surface area (TPSA) is 52.6 Å². The highest BCUT2D eigenvalue weighted by molar-refractivity contribution is 5.80. The minimum absolute atomic E-state index is 0.260. The normalized spacial score (nSPS) is 26.5. The molecule has 7 heteroatoms. The molecule has 0 bridgehead atoms. The number of rotatable bonds is 6. The molecule has 3 aliphatic rings. The summed E-state index contributed by atoms with van der Waals surface area (Å²) >= 11 is 0. The first-order chi connectivity index (χ1) is 14.3. The summed E-state index contributed by atoms with van der Waals surface area (Å²) in [6.07, 6.45) is 0.260. The number of nitrogens with zero attached hydrogens (tertiary/aromatic N) is 4. The van der Waals surface area contributed by atoms with Crippen LogP contribution in [-0.4, -0.2) is 105 Å². The summed E-state index contributed by atoms with van der Waals surface area (Å²) in [6.45, 7) is 13.2. The predicted octanol–water partition coefficient (Wildman–Crippen LogP) is 0.869. The minimum Gasteiger partial charge on any atom is -0.379 e. The second-order valence-corrected chi connectivity index (χ2v) is 8.03. The van der Waals surface area contributed by atoms with Crippen molar-refractivity contribution in [1.82, 2.24) is 20.0 Å². The van der Waals surface area contributed by atoms with Crippen molar-refractivity contribution in [3.05, 3.63) is 35.9 Å². The third-order valence-corrected chi connectivity index (χ3v) is 6.06. The van der Waals surface area contributed by atoms with Crippen LogP contribution < -0.4 is 5.32 Å². The van der Waals surface area contributed by atoms with Gasteiger partial charge < -0.3 is 19.7 Å². The van der Waals surface area contributed by atoms with Gasteiger partial charge in [-0.05, 0) is 12.5 Å². The van der Waals surface area contributed by atoms with Crippen molar-refractivity contribution < 1.29 is 9.47 Å².